The number of benzene rings is 2. The molecule has 0 bridgehead atoms. The van der Waals surface area contributed by atoms with E-state index in [-0.39, 0.29) is 17.9 Å². The number of likely N-dealkylation sites (N-methyl/N-ethyl adjacent to an activating group) is 1. The molecule has 6 heteroatoms. The number of nitrogens with one attached hydrogen (secondary N) is 1. The number of rotatable bonds is 9. The van der Waals surface area contributed by atoms with Crippen LogP contribution in [0.2, 0.25) is 0 Å². The standard InChI is InChI=1S/C22H28FN3O2/c1-25(2)13-14-28-21-11-5-17(6-12-21)15-24-22(27)26(20-9-10-20)16-18-3-7-19(23)8-4-18/h3-8,11-12,20H,9-10,13-16H2,1-2H3,(H,24,27). The van der Waals surface area contributed by atoms with Crippen molar-refractivity contribution in [1.29, 1.82) is 0 Å². The third-order valence-electron chi connectivity index (χ3n) is 4.69. The Morgan fingerprint density at radius 1 is 1.07 bits per heavy atom. The van der Waals surface area contributed by atoms with E-state index < -0.39 is 0 Å². The van der Waals surface area contributed by atoms with Crippen LogP contribution in [-0.2, 0) is 13.1 Å². The highest BCUT2D eigenvalue weighted by molar-refractivity contribution is 5.75. The quantitative estimate of drug-likeness (QED) is 0.717. The summed E-state index contributed by atoms with van der Waals surface area (Å²) in [5.41, 5.74) is 1.95. The summed E-state index contributed by atoms with van der Waals surface area (Å²) in [6.07, 6.45) is 2.04. The average Bonchev–Trinajstić information content (AvgIpc) is 3.51. The molecule has 0 radical (unpaired) electrons. The van der Waals surface area contributed by atoms with Crippen molar-refractivity contribution < 1.29 is 13.9 Å². The minimum Gasteiger partial charge on any atom is -0.492 e. The molecule has 150 valence electrons. The van der Waals surface area contributed by atoms with Gasteiger partial charge in [0.1, 0.15) is 18.2 Å². The van der Waals surface area contributed by atoms with Crippen LogP contribution in [0.5, 0.6) is 5.75 Å². The fourth-order valence-electron chi connectivity index (χ4n) is 2.87. The number of nitrogens with zero attached hydrogens (tertiary/aromatic N) is 2. The van der Waals surface area contributed by atoms with Gasteiger partial charge in [0.2, 0.25) is 0 Å². The van der Waals surface area contributed by atoms with Crippen LogP contribution in [0.3, 0.4) is 0 Å². The Morgan fingerprint density at radius 2 is 1.71 bits per heavy atom. The van der Waals surface area contributed by atoms with Crippen LogP contribution >= 0.6 is 0 Å². The molecule has 1 saturated carbocycles. The number of carbonyl (C=O) groups excluding carboxylic acids is 1. The van der Waals surface area contributed by atoms with Crippen molar-refractivity contribution in [2.45, 2.75) is 32.0 Å². The van der Waals surface area contributed by atoms with E-state index in [0.29, 0.717) is 19.7 Å². The summed E-state index contributed by atoms with van der Waals surface area (Å²) >= 11 is 0. The molecular formula is C22H28FN3O2. The lowest BCUT2D eigenvalue weighted by molar-refractivity contribution is 0.191. The Morgan fingerprint density at radius 3 is 2.32 bits per heavy atom. The van der Waals surface area contributed by atoms with E-state index in [0.717, 1.165) is 36.3 Å². The third kappa shape index (κ3) is 6.23. The zero-order valence-electron chi connectivity index (χ0n) is 16.5. The van der Waals surface area contributed by atoms with Crippen LogP contribution < -0.4 is 10.1 Å². The van der Waals surface area contributed by atoms with E-state index in [1.54, 1.807) is 12.1 Å². The zero-order valence-corrected chi connectivity index (χ0v) is 16.5. The van der Waals surface area contributed by atoms with E-state index in [1.165, 1.54) is 12.1 Å². The highest BCUT2D eigenvalue weighted by Crippen LogP contribution is 2.28. The monoisotopic (exact) mass is 385 g/mol. The fourth-order valence-corrected chi connectivity index (χ4v) is 2.87. The Labute approximate surface area is 166 Å². The van der Waals surface area contributed by atoms with Gasteiger partial charge in [-0.15, -0.1) is 0 Å². The molecule has 3 rings (SSSR count). The topological polar surface area (TPSA) is 44.8 Å². The van der Waals surface area contributed by atoms with E-state index in [4.69, 9.17) is 4.74 Å². The van der Waals surface area contributed by atoms with Crippen molar-refractivity contribution >= 4 is 6.03 Å². The van der Waals surface area contributed by atoms with Gasteiger partial charge in [-0.25, -0.2) is 9.18 Å². The second kappa shape index (κ2) is 9.55. The first kappa shape index (κ1) is 20.1. The highest BCUT2D eigenvalue weighted by atomic mass is 19.1. The lowest BCUT2D eigenvalue weighted by Gasteiger charge is -2.23. The largest absolute Gasteiger partial charge is 0.492 e. The van der Waals surface area contributed by atoms with E-state index in [2.05, 4.69) is 10.2 Å². The predicted octanol–water partition coefficient (Wildman–Crippen LogP) is 3.64. The predicted molar refractivity (Wildman–Crippen MR) is 108 cm³/mol. The van der Waals surface area contributed by atoms with Gasteiger partial charge in [0.05, 0.1) is 0 Å². The van der Waals surface area contributed by atoms with E-state index in [9.17, 15) is 9.18 Å². The Kier molecular flexibility index (Phi) is 6.87. The smallest absolute Gasteiger partial charge is 0.318 e. The van der Waals surface area contributed by atoms with Gasteiger partial charge in [-0.3, -0.25) is 0 Å². The number of amides is 2. The van der Waals surface area contributed by atoms with Crippen LogP contribution in [0.25, 0.3) is 0 Å². The van der Waals surface area contributed by atoms with Gasteiger partial charge < -0.3 is 19.9 Å². The minimum absolute atomic E-state index is 0.0851. The molecule has 1 N–H and O–H groups in total. The number of carbonyl (C=O) groups is 1. The minimum atomic E-state index is -0.264. The molecule has 0 aromatic heterocycles. The molecule has 5 nitrogen and oxygen atoms in total. The van der Waals surface area contributed by atoms with Gasteiger partial charge in [0, 0.05) is 25.7 Å². The van der Waals surface area contributed by atoms with Gasteiger partial charge in [0.15, 0.2) is 0 Å². The van der Waals surface area contributed by atoms with Gasteiger partial charge in [-0.1, -0.05) is 24.3 Å². The molecule has 0 spiro atoms. The summed E-state index contributed by atoms with van der Waals surface area (Å²) in [6, 6.07) is 14.3. The number of halogens is 1. The Bertz CT molecular complexity index is 758. The fraction of sp³-hybridized carbons (Fsp3) is 0.409. The summed E-state index contributed by atoms with van der Waals surface area (Å²) in [4.78, 5) is 16.6. The molecule has 1 aliphatic carbocycles. The van der Waals surface area contributed by atoms with Crippen molar-refractivity contribution in [2.75, 3.05) is 27.2 Å². The average molecular weight is 385 g/mol. The van der Waals surface area contributed by atoms with Gasteiger partial charge in [-0.2, -0.15) is 0 Å². The van der Waals surface area contributed by atoms with Crippen molar-refractivity contribution in [1.82, 2.24) is 15.1 Å². The molecule has 0 aliphatic heterocycles. The highest BCUT2D eigenvalue weighted by Gasteiger charge is 2.32. The van der Waals surface area contributed by atoms with Crippen molar-refractivity contribution in [3.63, 3.8) is 0 Å². The molecule has 2 amide bonds. The van der Waals surface area contributed by atoms with Crippen LogP contribution in [0.1, 0.15) is 24.0 Å². The SMILES string of the molecule is CN(C)CCOc1ccc(CNC(=O)N(Cc2ccc(F)cc2)C2CC2)cc1. The first-order valence-corrected chi connectivity index (χ1v) is 9.66. The van der Waals surface area contributed by atoms with E-state index >= 15 is 0 Å². The Hall–Kier alpha value is -2.60. The maximum absolute atomic E-state index is 13.1. The molecule has 1 aliphatic rings. The van der Waals surface area contributed by atoms with Crippen LogP contribution in [0, 0.1) is 5.82 Å². The van der Waals surface area contributed by atoms with Gasteiger partial charge in [-0.05, 0) is 62.3 Å². The summed E-state index contributed by atoms with van der Waals surface area (Å²) in [5.74, 6) is 0.563. The molecule has 2 aromatic rings. The lowest BCUT2D eigenvalue weighted by Crippen LogP contribution is -2.40. The maximum atomic E-state index is 13.1. The van der Waals surface area contributed by atoms with Gasteiger partial charge in [0.25, 0.3) is 0 Å². The molecule has 0 saturated heterocycles. The molecule has 2 aromatic carbocycles. The molecular weight excluding hydrogens is 357 g/mol. The summed E-state index contributed by atoms with van der Waals surface area (Å²) in [6.45, 7) is 2.46. The Balaban J connectivity index is 1.49. The molecule has 0 atom stereocenters. The van der Waals surface area contributed by atoms with E-state index in [1.807, 2.05) is 43.3 Å². The summed E-state index contributed by atoms with van der Waals surface area (Å²) < 4.78 is 18.8. The number of hydrogen-bond donors (Lipinski definition) is 1. The first-order chi connectivity index (χ1) is 13.5. The second-order valence-corrected chi connectivity index (χ2v) is 7.44. The first-order valence-electron chi connectivity index (χ1n) is 9.66. The lowest BCUT2D eigenvalue weighted by atomic mass is 10.2. The maximum Gasteiger partial charge on any atom is 0.318 e. The summed E-state index contributed by atoms with van der Waals surface area (Å²) in [7, 11) is 4.02. The number of urea groups is 1. The molecule has 0 heterocycles. The van der Waals surface area contributed by atoms with Crippen LogP contribution in [0.15, 0.2) is 48.5 Å². The van der Waals surface area contributed by atoms with Gasteiger partial charge >= 0.3 is 6.03 Å². The van der Waals surface area contributed by atoms with Crippen molar-refractivity contribution in [3.8, 4) is 5.75 Å². The number of hydrogen-bond acceptors (Lipinski definition) is 3. The summed E-state index contributed by atoms with van der Waals surface area (Å²) in [5, 5.41) is 3.00. The normalized spacial score (nSPS) is 13.4. The number of ether oxygens (including phenoxy) is 1. The van der Waals surface area contributed by atoms with Crippen LogP contribution in [-0.4, -0.2) is 49.1 Å². The second-order valence-electron chi connectivity index (χ2n) is 7.44. The molecule has 28 heavy (non-hydrogen) atoms. The zero-order chi connectivity index (χ0) is 19.9. The third-order valence-corrected chi connectivity index (χ3v) is 4.69. The van der Waals surface area contributed by atoms with Crippen molar-refractivity contribution in [3.05, 3.63) is 65.5 Å². The van der Waals surface area contributed by atoms with Crippen LogP contribution in [0.4, 0.5) is 9.18 Å². The van der Waals surface area contributed by atoms with Crippen molar-refractivity contribution in [2.24, 2.45) is 0 Å². The molecule has 1 fully saturated rings. The molecule has 0 unspecified atom stereocenters.